The lowest BCUT2D eigenvalue weighted by molar-refractivity contribution is 0.151. The molecule has 0 aliphatic heterocycles. The van der Waals surface area contributed by atoms with Gasteiger partial charge in [-0.1, -0.05) is 15.9 Å². The lowest BCUT2D eigenvalue weighted by atomic mass is 10.1. The predicted octanol–water partition coefficient (Wildman–Crippen LogP) is 3.96. The highest BCUT2D eigenvalue weighted by Crippen LogP contribution is 2.26. The molecule has 4 heteroatoms. The minimum absolute atomic E-state index is 0.0559. The minimum Gasteiger partial charge on any atom is -0.496 e. The maximum atomic E-state index is 12.5. The summed E-state index contributed by atoms with van der Waals surface area (Å²) in [5.41, 5.74) is 0.898. The zero-order chi connectivity index (χ0) is 11.3. The molecule has 0 fully saturated rings. The molecular formula is C11H13BrF2O. The van der Waals surface area contributed by atoms with Crippen LogP contribution in [0.4, 0.5) is 8.78 Å². The van der Waals surface area contributed by atoms with Crippen LogP contribution in [-0.2, 0) is 6.42 Å². The van der Waals surface area contributed by atoms with Crippen LogP contribution in [0.2, 0.25) is 0 Å². The number of alkyl halides is 3. The Bertz CT molecular complexity index is 315. The van der Waals surface area contributed by atoms with E-state index in [1.807, 2.05) is 0 Å². The predicted molar refractivity (Wildman–Crippen MR) is 60.1 cm³/mol. The van der Waals surface area contributed by atoms with Crippen molar-refractivity contribution < 1.29 is 13.5 Å². The van der Waals surface area contributed by atoms with Crippen molar-refractivity contribution in [2.45, 2.75) is 19.3 Å². The smallest absolute Gasteiger partial charge is 0.263 e. The molecule has 1 rings (SSSR count). The Hall–Kier alpha value is -0.640. The molecule has 0 unspecified atom stereocenters. The number of halogens is 3. The van der Waals surface area contributed by atoms with Gasteiger partial charge in [-0.15, -0.1) is 0 Å². The molecule has 0 bridgehead atoms. The molecule has 0 saturated heterocycles. The molecule has 0 amide bonds. The number of ether oxygens (including phenoxy) is 1. The summed E-state index contributed by atoms with van der Waals surface area (Å²) in [6, 6.07) is 4.53. The largest absolute Gasteiger partial charge is 0.496 e. The monoisotopic (exact) mass is 278 g/mol. The summed E-state index contributed by atoms with van der Waals surface area (Å²) in [6.45, 7) is 0. The summed E-state index contributed by atoms with van der Waals surface area (Å²) in [5, 5.41) is 0.856. The van der Waals surface area contributed by atoms with Gasteiger partial charge in [0.05, 0.1) is 7.11 Å². The van der Waals surface area contributed by atoms with Gasteiger partial charge in [-0.2, -0.15) is 0 Å². The van der Waals surface area contributed by atoms with Crippen LogP contribution in [0.25, 0.3) is 0 Å². The number of hydrogen-bond donors (Lipinski definition) is 0. The third-order valence-corrected chi connectivity index (χ3v) is 2.70. The first-order valence-corrected chi connectivity index (χ1v) is 5.82. The zero-order valence-corrected chi connectivity index (χ0v) is 10.1. The molecular weight excluding hydrogens is 266 g/mol. The molecule has 84 valence electrons. The van der Waals surface area contributed by atoms with Crippen molar-refractivity contribution in [2.24, 2.45) is 0 Å². The molecule has 1 aromatic rings. The van der Waals surface area contributed by atoms with E-state index in [0.29, 0.717) is 5.75 Å². The lowest BCUT2D eigenvalue weighted by Gasteiger charge is -2.09. The molecule has 0 spiro atoms. The quantitative estimate of drug-likeness (QED) is 0.741. The van der Waals surface area contributed by atoms with E-state index >= 15 is 0 Å². The Kier molecular flexibility index (Phi) is 5.02. The molecule has 0 radical (unpaired) electrons. The van der Waals surface area contributed by atoms with Crippen molar-refractivity contribution >= 4 is 15.9 Å². The lowest BCUT2D eigenvalue weighted by Crippen LogP contribution is -1.95. The molecule has 1 nitrogen and oxygen atoms in total. The summed E-state index contributed by atoms with van der Waals surface area (Å²) in [6.07, 6.45) is -0.767. The Morgan fingerprint density at radius 3 is 2.67 bits per heavy atom. The molecule has 0 saturated carbocycles. The average Bonchev–Trinajstić information content (AvgIpc) is 2.25. The van der Waals surface area contributed by atoms with Gasteiger partial charge >= 0.3 is 0 Å². The van der Waals surface area contributed by atoms with Gasteiger partial charge in [-0.3, -0.25) is 0 Å². The van der Waals surface area contributed by atoms with Gasteiger partial charge in [0.2, 0.25) is 0 Å². The van der Waals surface area contributed by atoms with Crippen LogP contribution >= 0.6 is 15.9 Å². The van der Waals surface area contributed by atoms with Crippen LogP contribution < -0.4 is 4.74 Å². The van der Waals surface area contributed by atoms with E-state index in [9.17, 15) is 8.78 Å². The van der Waals surface area contributed by atoms with Crippen molar-refractivity contribution in [2.75, 3.05) is 12.4 Å². The van der Waals surface area contributed by atoms with Crippen LogP contribution in [0.15, 0.2) is 18.2 Å². The molecule has 1 aromatic carbocycles. The second kappa shape index (κ2) is 6.05. The fourth-order valence-corrected chi connectivity index (χ4v) is 1.67. The van der Waals surface area contributed by atoms with Gasteiger partial charge in [0, 0.05) is 10.9 Å². The van der Waals surface area contributed by atoms with Crippen LogP contribution in [0, 0.1) is 0 Å². The summed E-state index contributed by atoms with van der Waals surface area (Å²) in [4.78, 5) is 0. The molecule has 0 aromatic heterocycles. The van der Waals surface area contributed by atoms with E-state index in [1.54, 1.807) is 13.2 Å². The van der Waals surface area contributed by atoms with E-state index in [4.69, 9.17) is 4.74 Å². The van der Waals surface area contributed by atoms with Crippen LogP contribution in [0.1, 0.15) is 24.0 Å². The highest BCUT2D eigenvalue weighted by Gasteiger charge is 2.10. The third-order valence-electron chi connectivity index (χ3n) is 2.14. The summed E-state index contributed by atoms with van der Waals surface area (Å²) in [5.74, 6) is 0.681. The zero-order valence-electron chi connectivity index (χ0n) is 8.47. The van der Waals surface area contributed by atoms with Gasteiger partial charge in [0.1, 0.15) is 5.75 Å². The molecule has 0 N–H and O–H groups in total. The van der Waals surface area contributed by atoms with Gasteiger partial charge in [0.25, 0.3) is 6.43 Å². The summed E-state index contributed by atoms with van der Waals surface area (Å²) >= 11 is 3.31. The topological polar surface area (TPSA) is 9.23 Å². The van der Waals surface area contributed by atoms with Crippen molar-refractivity contribution in [3.05, 3.63) is 29.3 Å². The minimum atomic E-state index is -2.42. The molecule has 0 aliphatic rings. The Labute approximate surface area is 96.6 Å². The van der Waals surface area contributed by atoms with Gasteiger partial charge in [-0.25, -0.2) is 8.78 Å². The number of hydrogen-bond acceptors (Lipinski definition) is 1. The van der Waals surface area contributed by atoms with E-state index in [2.05, 4.69) is 15.9 Å². The fourth-order valence-electron chi connectivity index (χ4n) is 1.39. The van der Waals surface area contributed by atoms with E-state index in [0.717, 1.165) is 23.7 Å². The van der Waals surface area contributed by atoms with Crippen LogP contribution in [-0.4, -0.2) is 12.4 Å². The van der Waals surface area contributed by atoms with E-state index < -0.39 is 6.43 Å². The SMILES string of the molecule is COc1ccc(C(F)F)cc1CCCBr. The van der Waals surface area contributed by atoms with E-state index in [-0.39, 0.29) is 5.56 Å². The first-order valence-electron chi connectivity index (χ1n) is 4.70. The normalized spacial score (nSPS) is 10.7. The van der Waals surface area contributed by atoms with Crippen molar-refractivity contribution in [3.8, 4) is 5.75 Å². The second-order valence-electron chi connectivity index (χ2n) is 3.16. The van der Waals surface area contributed by atoms with Crippen molar-refractivity contribution in [1.29, 1.82) is 0 Å². The first kappa shape index (κ1) is 12.4. The maximum absolute atomic E-state index is 12.5. The molecule has 0 atom stereocenters. The molecule has 15 heavy (non-hydrogen) atoms. The number of rotatable bonds is 5. The summed E-state index contributed by atoms with van der Waals surface area (Å²) in [7, 11) is 1.55. The first-order chi connectivity index (χ1) is 7.19. The average molecular weight is 279 g/mol. The Morgan fingerprint density at radius 1 is 1.40 bits per heavy atom. The highest BCUT2D eigenvalue weighted by molar-refractivity contribution is 9.09. The summed E-state index contributed by atoms with van der Waals surface area (Å²) < 4.78 is 30.0. The third kappa shape index (κ3) is 3.45. The molecule has 0 aliphatic carbocycles. The number of methoxy groups -OCH3 is 1. The molecule has 0 heterocycles. The van der Waals surface area contributed by atoms with Gasteiger partial charge in [0.15, 0.2) is 0 Å². The Balaban J connectivity index is 2.91. The fraction of sp³-hybridized carbons (Fsp3) is 0.455. The van der Waals surface area contributed by atoms with Crippen LogP contribution in [0.3, 0.4) is 0 Å². The second-order valence-corrected chi connectivity index (χ2v) is 3.96. The van der Waals surface area contributed by atoms with E-state index in [1.165, 1.54) is 12.1 Å². The van der Waals surface area contributed by atoms with Gasteiger partial charge in [-0.05, 0) is 36.6 Å². The standard InChI is InChI=1S/C11H13BrF2O/c1-15-10-5-4-9(11(13)14)7-8(10)3-2-6-12/h4-5,7,11H,2-3,6H2,1H3. The van der Waals surface area contributed by atoms with Crippen molar-refractivity contribution in [3.63, 3.8) is 0 Å². The highest BCUT2D eigenvalue weighted by atomic mass is 79.9. The number of benzene rings is 1. The maximum Gasteiger partial charge on any atom is 0.263 e. The number of aryl methyl sites for hydroxylation is 1. The van der Waals surface area contributed by atoms with Crippen molar-refractivity contribution in [1.82, 2.24) is 0 Å². The Morgan fingerprint density at radius 2 is 2.13 bits per heavy atom. The van der Waals surface area contributed by atoms with Gasteiger partial charge < -0.3 is 4.74 Å². The van der Waals surface area contributed by atoms with Crippen LogP contribution in [0.5, 0.6) is 5.75 Å².